The van der Waals surface area contributed by atoms with E-state index in [0.717, 1.165) is 44.9 Å². The molecule has 4 fully saturated rings. The zero-order valence-corrected chi connectivity index (χ0v) is 24.1. The predicted molar refractivity (Wildman–Crippen MR) is 140 cm³/mol. The molecule has 5 aliphatic rings. The summed E-state index contributed by atoms with van der Waals surface area (Å²) in [4.78, 5) is 0. The van der Waals surface area contributed by atoms with E-state index < -0.39 is 21.6 Å². The first-order valence-electron chi connectivity index (χ1n) is 14.3. The van der Waals surface area contributed by atoms with Gasteiger partial charge < -0.3 is 9.84 Å². The maximum absolute atomic E-state index is 12.2. The SMILES string of the molecule is CC(C)[C@@H](C)[C@H](C)C[C@](C)(OS(=O)(=O)O)[C@@]12O[C@@H]1C[C@H]1[C@@H]3CC=C4C[C@@H](O)CC[C@]4(C)[C@H]3CC[C@@]12C. The first-order valence-corrected chi connectivity index (χ1v) is 15.7. The largest absolute Gasteiger partial charge is 0.397 e. The van der Waals surface area contributed by atoms with Gasteiger partial charge in [-0.2, -0.15) is 8.42 Å². The van der Waals surface area contributed by atoms with Gasteiger partial charge in [-0.05, 0) is 99.2 Å². The van der Waals surface area contributed by atoms with E-state index in [1.165, 1.54) is 5.57 Å². The number of epoxide rings is 1. The molecular formula is C29H48O6S. The summed E-state index contributed by atoms with van der Waals surface area (Å²) in [5.74, 6) is 2.60. The van der Waals surface area contributed by atoms with Crippen molar-refractivity contribution in [1.82, 2.24) is 0 Å². The Morgan fingerprint density at radius 2 is 1.86 bits per heavy atom. The van der Waals surface area contributed by atoms with Gasteiger partial charge in [-0.25, -0.2) is 4.18 Å². The third kappa shape index (κ3) is 3.81. The minimum Gasteiger partial charge on any atom is -0.393 e. The maximum atomic E-state index is 12.2. The molecule has 2 N–H and O–H groups in total. The van der Waals surface area contributed by atoms with E-state index in [-0.39, 0.29) is 29.0 Å². The van der Waals surface area contributed by atoms with Gasteiger partial charge in [-0.15, -0.1) is 0 Å². The summed E-state index contributed by atoms with van der Waals surface area (Å²) < 4.78 is 46.6. The van der Waals surface area contributed by atoms with Crippen molar-refractivity contribution in [2.75, 3.05) is 0 Å². The van der Waals surface area contributed by atoms with Gasteiger partial charge in [0, 0.05) is 5.41 Å². The molecule has 5 rings (SSSR count). The fraction of sp³-hybridized carbons (Fsp3) is 0.931. The standard InChI is InChI=1S/C29H48O6S/c1-17(2)19(4)18(3)16-28(7,35-36(31,32)33)29-25(34-29)15-24-22-9-8-20-14-21(30)10-12-26(20,5)23(22)11-13-27(24,29)6/h8,17-19,21-25,30H,9-16H2,1-7H3,(H,31,32,33)/t18-,19-,21+,22-,23+,24+,25-,26+,27+,28+,29-/m1/s1. The zero-order valence-electron chi connectivity index (χ0n) is 23.3. The van der Waals surface area contributed by atoms with Crippen LogP contribution in [0.4, 0.5) is 0 Å². The summed E-state index contributed by atoms with van der Waals surface area (Å²) in [6.45, 7) is 15.4. The molecule has 0 aromatic rings. The fourth-order valence-electron chi connectivity index (χ4n) is 10.0. The molecule has 1 saturated heterocycles. The summed E-state index contributed by atoms with van der Waals surface area (Å²) in [5.41, 5.74) is -0.437. The quantitative estimate of drug-likeness (QED) is 0.243. The van der Waals surface area contributed by atoms with Crippen molar-refractivity contribution in [3.05, 3.63) is 11.6 Å². The van der Waals surface area contributed by atoms with Crippen LogP contribution in [0.5, 0.6) is 0 Å². The van der Waals surface area contributed by atoms with Crippen LogP contribution in [0.3, 0.4) is 0 Å². The summed E-state index contributed by atoms with van der Waals surface area (Å²) in [7, 11) is -4.65. The van der Waals surface area contributed by atoms with Crippen molar-refractivity contribution in [3.63, 3.8) is 0 Å². The topological polar surface area (TPSA) is 96.4 Å². The number of aliphatic hydroxyl groups excluding tert-OH is 1. The van der Waals surface area contributed by atoms with Gasteiger partial charge in [-0.1, -0.05) is 53.2 Å². The van der Waals surface area contributed by atoms with Crippen molar-refractivity contribution in [2.24, 2.45) is 46.3 Å². The zero-order chi connectivity index (χ0) is 26.5. The van der Waals surface area contributed by atoms with Crippen LogP contribution in [-0.4, -0.2) is 41.5 Å². The molecule has 0 unspecified atom stereocenters. The van der Waals surface area contributed by atoms with E-state index in [1.54, 1.807) is 0 Å². The van der Waals surface area contributed by atoms with Crippen LogP contribution in [0.1, 0.15) is 99.8 Å². The van der Waals surface area contributed by atoms with Crippen LogP contribution in [-0.2, 0) is 19.3 Å². The Hall–Kier alpha value is -0.470. The van der Waals surface area contributed by atoms with Gasteiger partial charge >= 0.3 is 10.4 Å². The molecule has 0 amide bonds. The van der Waals surface area contributed by atoms with Gasteiger partial charge in [0.2, 0.25) is 0 Å². The Morgan fingerprint density at radius 3 is 2.50 bits per heavy atom. The molecule has 6 nitrogen and oxygen atoms in total. The van der Waals surface area contributed by atoms with E-state index in [1.807, 2.05) is 6.92 Å². The van der Waals surface area contributed by atoms with Crippen LogP contribution in [0.25, 0.3) is 0 Å². The Bertz CT molecular complexity index is 1020. The monoisotopic (exact) mass is 524 g/mol. The molecule has 1 heterocycles. The van der Waals surface area contributed by atoms with Crippen LogP contribution in [0, 0.1) is 46.3 Å². The molecule has 1 aliphatic heterocycles. The molecule has 0 bridgehead atoms. The maximum Gasteiger partial charge on any atom is 0.397 e. The average Bonchev–Trinajstić information content (AvgIpc) is 3.45. The van der Waals surface area contributed by atoms with E-state index in [4.69, 9.17) is 8.92 Å². The van der Waals surface area contributed by atoms with Crippen molar-refractivity contribution in [3.8, 4) is 0 Å². The van der Waals surface area contributed by atoms with Gasteiger partial charge in [0.1, 0.15) is 11.2 Å². The molecule has 0 aromatic heterocycles. The van der Waals surface area contributed by atoms with Gasteiger partial charge in [0.25, 0.3) is 0 Å². The second-order valence-electron chi connectivity index (χ2n) is 14.2. The van der Waals surface area contributed by atoms with E-state index >= 15 is 0 Å². The van der Waals surface area contributed by atoms with Gasteiger partial charge in [0.05, 0.1) is 12.2 Å². The van der Waals surface area contributed by atoms with Crippen molar-refractivity contribution < 1.29 is 27.0 Å². The highest BCUT2D eigenvalue weighted by atomic mass is 32.3. The molecule has 11 atom stereocenters. The molecule has 206 valence electrons. The van der Waals surface area contributed by atoms with Gasteiger partial charge in [0.15, 0.2) is 0 Å². The molecule has 0 aromatic carbocycles. The van der Waals surface area contributed by atoms with Crippen LogP contribution in [0.15, 0.2) is 11.6 Å². The number of hydrogen-bond donors (Lipinski definition) is 2. The second-order valence-corrected chi connectivity index (χ2v) is 15.2. The molecule has 4 aliphatic carbocycles. The lowest BCUT2D eigenvalue weighted by Gasteiger charge is -2.59. The normalized spacial score (nSPS) is 47.1. The molecule has 36 heavy (non-hydrogen) atoms. The summed E-state index contributed by atoms with van der Waals surface area (Å²) in [6, 6.07) is 0. The summed E-state index contributed by atoms with van der Waals surface area (Å²) >= 11 is 0. The lowest BCUT2D eigenvalue weighted by Crippen LogP contribution is -2.60. The van der Waals surface area contributed by atoms with Gasteiger partial charge in [-0.3, -0.25) is 4.55 Å². The first-order chi connectivity index (χ1) is 16.6. The molecule has 0 spiro atoms. The average molecular weight is 525 g/mol. The van der Waals surface area contributed by atoms with Crippen LogP contribution in [0.2, 0.25) is 0 Å². The minimum atomic E-state index is -4.65. The number of aliphatic hydroxyl groups is 1. The molecule has 3 saturated carbocycles. The lowest BCUT2D eigenvalue weighted by molar-refractivity contribution is -0.139. The third-order valence-corrected chi connectivity index (χ3v) is 12.8. The third-order valence-electron chi connectivity index (χ3n) is 12.2. The molecule has 7 heteroatoms. The predicted octanol–water partition coefficient (Wildman–Crippen LogP) is 5.95. The Labute approximate surface area is 218 Å². The highest BCUT2D eigenvalue weighted by molar-refractivity contribution is 7.80. The van der Waals surface area contributed by atoms with Crippen molar-refractivity contribution in [1.29, 1.82) is 0 Å². The summed E-state index contributed by atoms with van der Waals surface area (Å²) in [6.07, 6.45) is 9.45. The number of ether oxygens (including phenoxy) is 1. The second kappa shape index (κ2) is 8.51. The highest BCUT2D eigenvalue weighted by Crippen LogP contribution is 2.76. The number of rotatable bonds is 7. The Balaban J connectivity index is 1.49. The van der Waals surface area contributed by atoms with Crippen molar-refractivity contribution >= 4 is 10.4 Å². The van der Waals surface area contributed by atoms with Crippen molar-refractivity contribution in [2.45, 2.75) is 123 Å². The summed E-state index contributed by atoms with van der Waals surface area (Å²) in [5, 5.41) is 10.3. The van der Waals surface area contributed by atoms with Crippen LogP contribution < -0.4 is 0 Å². The number of fused-ring (bicyclic) bond motifs is 7. The number of allylic oxidation sites excluding steroid dienone is 1. The lowest BCUT2D eigenvalue weighted by atomic mass is 9.46. The number of hydrogen-bond acceptors (Lipinski definition) is 5. The Morgan fingerprint density at radius 1 is 1.17 bits per heavy atom. The minimum absolute atomic E-state index is 0.0362. The first kappa shape index (κ1) is 27.1. The fourth-order valence-corrected chi connectivity index (χ4v) is 10.7. The van der Waals surface area contributed by atoms with E-state index in [9.17, 15) is 18.1 Å². The molecular weight excluding hydrogens is 476 g/mol. The highest BCUT2D eigenvalue weighted by Gasteiger charge is 2.83. The Kier molecular flexibility index (Phi) is 6.41. The van der Waals surface area contributed by atoms with E-state index in [2.05, 4.69) is 47.6 Å². The van der Waals surface area contributed by atoms with Crippen LogP contribution >= 0.6 is 0 Å². The smallest absolute Gasteiger partial charge is 0.393 e. The molecule has 0 radical (unpaired) electrons. The van der Waals surface area contributed by atoms with E-state index in [0.29, 0.717) is 36.0 Å².